The van der Waals surface area contributed by atoms with Gasteiger partial charge in [-0.3, -0.25) is 0 Å². The number of benzene rings is 2. The van der Waals surface area contributed by atoms with E-state index in [0.717, 1.165) is 36.2 Å². The summed E-state index contributed by atoms with van der Waals surface area (Å²) in [6, 6.07) is 7.45. The lowest BCUT2D eigenvalue weighted by Crippen LogP contribution is -2.30. The average molecular weight is 411 g/mol. The van der Waals surface area contributed by atoms with Crippen molar-refractivity contribution in [3.63, 3.8) is 0 Å². The number of halogens is 2. The minimum Gasteiger partial charge on any atom is -0.206 e. The number of fused-ring (bicyclic) bond motifs is 2. The van der Waals surface area contributed by atoms with E-state index in [0.29, 0.717) is 23.3 Å². The largest absolute Gasteiger partial charge is 0.206 e. The predicted molar refractivity (Wildman–Crippen MR) is 123 cm³/mol. The second kappa shape index (κ2) is 9.62. The van der Waals surface area contributed by atoms with Crippen molar-refractivity contribution in [3.05, 3.63) is 59.2 Å². The van der Waals surface area contributed by atoms with Crippen LogP contribution in [0.5, 0.6) is 0 Å². The van der Waals surface area contributed by atoms with Crippen LogP contribution < -0.4 is 0 Å². The Kier molecular flexibility index (Phi) is 6.91. The zero-order valence-corrected chi connectivity index (χ0v) is 18.6. The maximum atomic E-state index is 15.0. The highest BCUT2D eigenvalue weighted by Gasteiger charge is 2.36. The molecule has 162 valence electrons. The fourth-order valence-electron chi connectivity index (χ4n) is 6.23. The molecule has 2 fully saturated rings. The number of allylic oxidation sites excluding steroid dienone is 2. The number of aryl methyl sites for hydroxylation is 1. The van der Waals surface area contributed by atoms with E-state index in [-0.39, 0.29) is 17.0 Å². The Hall–Kier alpha value is -1.70. The van der Waals surface area contributed by atoms with Gasteiger partial charge in [-0.25, -0.2) is 8.78 Å². The lowest BCUT2D eigenvalue weighted by molar-refractivity contribution is 0.114. The minimum atomic E-state index is -0.387. The monoisotopic (exact) mass is 410 g/mol. The Bertz CT molecular complexity index is 897. The molecule has 0 bridgehead atoms. The van der Waals surface area contributed by atoms with Crippen molar-refractivity contribution in [1.29, 1.82) is 0 Å². The fourth-order valence-corrected chi connectivity index (χ4v) is 6.23. The first-order valence-electron chi connectivity index (χ1n) is 12.1. The van der Waals surface area contributed by atoms with Gasteiger partial charge in [-0.05, 0) is 98.1 Å². The van der Waals surface area contributed by atoms with Crippen LogP contribution in [0.1, 0.15) is 88.7 Å². The van der Waals surface area contributed by atoms with Gasteiger partial charge in [-0.15, -0.1) is 0 Å². The summed E-state index contributed by atoms with van der Waals surface area (Å²) in [4.78, 5) is 0. The van der Waals surface area contributed by atoms with Gasteiger partial charge in [-0.1, -0.05) is 56.5 Å². The number of hydrogen-bond acceptors (Lipinski definition) is 0. The van der Waals surface area contributed by atoms with Gasteiger partial charge in [0, 0.05) is 0 Å². The van der Waals surface area contributed by atoms with E-state index in [1.54, 1.807) is 6.07 Å². The van der Waals surface area contributed by atoms with Gasteiger partial charge in [0.2, 0.25) is 0 Å². The van der Waals surface area contributed by atoms with Crippen molar-refractivity contribution in [2.75, 3.05) is 0 Å². The van der Waals surface area contributed by atoms with Crippen LogP contribution in [-0.4, -0.2) is 0 Å². The van der Waals surface area contributed by atoms with Crippen molar-refractivity contribution >= 4 is 10.8 Å². The molecule has 4 atom stereocenters. The van der Waals surface area contributed by atoms with Crippen LogP contribution in [0.25, 0.3) is 10.8 Å². The Morgan fingerprint density at radius 3 is 2.60 bits per heavy atom. The van der Waals surface area contributed by atoms with E-state index in [2.05, 4.69) is 13.0 Å². The van der Waals surface area contributed by atoms with Gasteiger partial charge < -0.3 is 0 Å². The number of hydrogen-bond donors (Lipinski definition) is 0. The van der Waals surface area contributed by atoms with E-state index in [4.69, 9.17) is 0 Å². The Balaban J connectivity index is 1.52. The highest BCUT2D eigenvalue weighted by molar-refractivity contribution is 5.85. The third kappa shape index (κ3) is 4.48. The van der Waals surface area contributed by atoms with Crippen molar-refractivity contribution in [2.45, 2.75) is 84.0 Å². The van der Waals surface area contributed by atoms with Crippen molar-refractivity contribution < 1.29 is 8.78 Å². The van der Waals surface area contributed by atoms with Crippen LogP contribution >= 0.6 is 0 Å². The normalized spacial score (nSPS) is 26.9. The van der Waals surface area contributed by atoms with Crippen molar-refractivity contribution in [3.8, 4) is 0 Å². The molecule has 4 rings (SSSR count). The molecule has 4 unspecified atom stereocenters. The quantitative estimate of drug-likeness (QED) is 0.418. The van der Waals surface area contributed by atoms with Crippen molar-refractivity contribution in [2.24, 2.45) is 17.8 Å². The van der Waals surface area contributed by atoms with Gasteiger partial charge in [0.05, 0.1) is 5.39 Å². The molecule has 2 aromatic carbocycles. The summed E-state index contributed by atoms with van der Waals surface area (Å²) in [7, 11) is 0. The Morgan fingerprint density at radius 2 is 1.80 bits per heavy atom. The van der Waals surface area contributed by atoms with Crippen LogP contribution in [0.2, 0.25) is 0 Å². The molecule has 2 aliphatic carbocycles. The van der Waals surface area contributed by atoms with Crippen LogP contribution in [0.4, 0.5) is 8.78 Å². The summed E-state index contributed by atoms with van der Waals surface area (Å²) in [6.45, 7) is 4.26. The van der Waals surface area contributed by atoms with Gasteiger partial charge in [0.25, 0.3) is 0 Å². The predicted octanol–water partition coefficient (Wildman–Crippen LogP) is 8.73. The van der Waals surface area contributed by atoms with E-state index in [1.165, 1.54) is 44.9 Å². The lowest BCUT2D eigenvalue weighted by Gasteiger charge is -2.42. The molecular weight excluding hydrogens is 374 g/mol. The molecule has 0 aliphatic heterocycles. The molecule has 0 radical (unpaired) electrons. The van der Waals surface area contributed by atoms with E-state index in [1.807, 2.05) is 31.2 Å². The van der Waals surface area contributed by atoms with Crippen LogP contribution in [-0.2, 0) is 6.42 Å². The maximum Gasteiger partial charge on any atom is 0.137 e. The topological polar surface area (TPSA) is 0 Å². The summed E-state index contributed by atoms with van der Waals surface area (Å²) in [6.07, 6.45) is 15.8. The Labute approximate surface area is 180 Å². The van der Waals surface area contributed by atoms with Gasteiger partial charge in [0.15, 0.2) is 0 Å². The molecule has 2 heteroatoms. The third-order valence-electron chi connectivity index (χ3n) is 7.81. The zero-order valence-electron chi connectivity index (χ0n) is 18.6. The summed E-state index contributed by atoms with van der Waals surface area (Å²) in [5.74, 6) is 2.25. The zero-order chi connectivity index (χ0) is 21.1. The molecule has 2 aromatic rings. The number of rotatable bonds is 6. The first-order chi connectivity index (χ1) is 14.6. The standard InChI is InChI=1S/C28H36F2/c1-3-5-6-8-20-11-14-24-17-25(18-26(29)27(24)28(20)30)23-13-12-21-15-19(7-4-2)9-10-22(21)16-23/h3,5,11,14,17-19,21-23H,4,6-10,12-13,15-16H2,1-2H3/b5-3+. The van der Waals surface area contributed by atoms with Gasteiger partial charge in [-0.2, -0.15) is 0 Å². The summed E-state index contributed by atoms with van der Waals surface area (Å²) >= 11 is 0. The average Bonchev–Trinajstić information content (AvgIpc) is 2.75. The van der Waals surface area contributed by atoms with Gasteiger partial charge >= 0.3 is 0 Å². The molecule has 0 saturated heterocycles. The molecule has 0 heterocycles. The van der Waals surface area contributed by atoms with Crippen LogP contribution in [0.3, 0.4) is 0 Å². The maximum absolute atomic E-state index is 15.0. The molecule has 0 spiro atoms. The molecule has 0 nitrogen and oxygen atoms in total. The molecule has 30 heavy (non-hydrogen) atoms. The van der Waals surface area contributed by atoms with E-state index in [9.17, 15) is 4.39 Å². The molecule has 2 saturated carbocycles. The summed E-state index contributed by atoms with van der Waals surface area (Å²) in [5.41, 5.74) is 1.69. The van der Waals surface area contributed by atoms with Gasteiger partial charge in [0.1, 0.15) is 11.6 Å². The SMILES string of the molecule is C/C=C/CCc1ccc2cc(C3CCC4CC(CCC)CCC4C3)cc(F)c2c1F. The second-order valence-corrected chi connectivity index (χ2v) is 9.75. The first kappa shape index (κ1) is 21.5. The molecule has 0 amide bonds. The Morgan fingerprint density at radius 1 is 1.00 bits per heavy atom. The van der Waals surface area contributed by atoms with Crippen molar-refractivity contribution in [1.82, 2.24) is 0 Å². The molecule has 2 aliphatic rings. The second-order valence-electron chi connectivity index (χ2n) is 9.75. The molecule has 0 aromatic heterocycles. The highest BCUT2D eigenvalue weighted by atomic mass is 19.1. The van der Waals surface area contributed by atoms with Crippen LogP contribution in [0, 0.1) is 29.4 Å². The molecule has 0 N–H and O–H groups in total. The summed E-state index contributed by atoms with van der Waals surface area (Å²) in [5, 5.41) is 0.886. The fraction of sp³-hybridized carbons (Fsp3) is 0.571. The minimum absolute atomic E-state index is 0.172. The van der Waals surface area contributed by atoms with Crippen LogP contribution in [0.15, 0.2) is 36.4 Å². The highest BCUT2D eigenvalue weighted by Crippen LogP contribution is 2.48. The first-order valence-corrected chi connectivity index (χ1v) is 12.1. The lowest BCUT2D eigenvalue weighted by atomic mass is 9.63. The van der Waals surface area contributed by atoms with E-state index < -0.39 is 0 Å². The third-order valence-corrected chi connectivity index (χ3v) is 7.81. The molecular formula is C28H36F2. The van der Waals surface area contributed by atoms with E-state index >= 15 is 4.39 Å². The smallest absolute Gasteiger partial charge is 0.137 e. The summed E-state index contributed by atoms with van der Waals surface area (Å²) < 4.78 is 30.0.